The molecule has 1 aliphatic carbocycles. The Balaban J connectivity index is 2.01. The van der Waals surface area contributed by atoms with Gasteiger partial charge < -0.3 is 15.4 Å². The summed E-state index contributed by atoms with van der Waals surface area (Å²) in [5.41, 5.74) is 6.52. The lowest BCUT2D eigenvalue weighted by atomic mass is 9.85. The van der Waals surface area contributed by atoms with E-state index in [4.69, 9.17) is 10.5 Å². The van der Waals surface area contributed by atoms with Crippen molar-refractivity contribution in [3.05, 3.63) is 12.1 Å². The molecule has 0 aliphatic heterocycles. The summed E-state index contributed by atoms with van der Waals surface area (Å²) >= 11 is 0. The minimum atomic E-state index is 0.470. The third kappa shape index (κ3) is 3.75. The molecule has 19 heavy (non-hydrogen) atoms. The number of hydrogen-bond acceptors (Lipinski definition) is 4. The summed E-state index contributed by atoms with van der Waals surface area (Å²) in [7, 11) is 2.09. The van der Waals surface area contributed by atoms with E-state index in [1.54, 1.807) is 0 Å². The smallest absolute Gasteiger partial charge is 0.239 e. The Morgan fingerprint density at radius 1 is 1.42 bits per heavy atom. The van der Waals surface area contributed by atoms with E-state index < -0.39 is 0 Å². The molecule has 4 nitrogen and oxygen atoms in total. The van der Waals surface area contributed by atoms with Crippen molar-refractivity contribution < 1.29 is 4.74 Å². The molecule has 0 bridgehead atoms. The molecule has 106 valence electrons. The topological polar surface area (TPSA) is 51.4 Å². The zero-order valence-electron chi connectivity index (χ0n) is 12.2. The van der Waals surface area contributed by atoms with E-state index in [1.165, 1.54) is 19.3 Å². The summed E-state index contributed by atoms with van der Waals surface area (Å²) in [6.45, 7) is 5.94. The number of aromatic nitrogens is 1. The quantitative estimate of drug-likeness (QED) is 0.857. The van der Waals surface area contributed by atoms with Gasteiger partial charge in [-0.1, -0.05) is 20.3 Å². The SMILES string of the molecule is CC(C)COc1nc(N(C)CC2CCC2)ccc1N. The first-order valence-corrected chi connectivity index (χ1v) is 7.16. The van der Waals surface area contributed by atoms with E-state index in [0.717, 1.165) is 18.3 Å². The normalized spacial score (nSPS) is 15.4. The molecule has 0 radical (unpaired) electrons. The number of rotatable bonds is 6. The van der Waals surface area contributed by atoms with Gasteiger partial charge in [0.05, 0.1) is 12.3 Å². The summed E-state index contributed by atoms with van der Waals surface area (Å²) in [4.78, 5) is 6.73. The van der Waals surface area contributed by atoms with Gasteiger partial charge in [-0.05, 0) is 36.8 Å². The fraction of sp³-hybridized carbons (Fsp3) is 0.667. The number of anilines is 2. The van der Waals surface area contributed by atoms with Gasteiger partial charge in [0, 0.05) is 13.6 Å². The Morgan fingerprint density at radius 2 is 2.16 bits per heavy atom. The van der Waals surface area contributed by atoms with Crippen LogP contribution in [0.3, 0.4) is 0 Å². The fourth-order valence-electron chi connectivity index (χ4n) is 2.17. The second-order valence-electron chi connectivity index (χ2n) is 5.95. The van der Waals surface area contributed by atoms with Crippen molar-refractivity contribution in [2.24, 2.45) is 11.8 Å². The Bertz CT molecular complexity index is 416. The number of hydrogen-bond donors (Lipinski definition) is 1. The molecule has 1 aliphatic rings. The van der Waals surface area contributed by atoms with Crippen LogP contribution in [-0.4, -0.2) is 25.2 Å². The van der Waals surface area contributed by atoms with Gasteiger partial charge in [-0.3, -0.25) is 0 Å². The van der Waals surface area contributed by atoms with E-state index in [2.05, 4.69) is 30.8 Å². The largest absolute Gasteiger partial charge is 0.476 e. The highest BCUT2D eigenvalue weighted by atomic mass is 16.5. The molecule has 2 N–H and O–H groups in total. The van der Waals surface area contributed by atoms with Gasteiger partial charge in [0.1, 0.15) is 5.82 Å². The second kappa shape index (κ2) is 6.13. The lowest BCUT2D eigenvalue weighted by Gasteiger charge is -2.30. The van der Waals surface area contributed by atoms with Crippen LogP contribution in [0.2, 0.25) is 0 Å². The Labute approximate surface area is 116 Å². The summed E-state index contributed by atoms with van der Waals surface area (Å²) in [5, 5.41) is 0. The first-order chi connectivity index (χ1) is 9.06. The van der Waals surface area contributed by atoms with Crippen molar-refractivity contribution in [1.29, 1.82) is 0 Å². The average Bonchev–Trinajstić information content (AvgIpc) is 2.32. The molecular weight excluding hydrogens is 238 g/mol. The summed E-state index contributed by atoms with van der Waals surface area (Å²) < 4.78 is 5.67. The minimum absolute atomic E-state index is 0.470. The maximum Gasteiger partial charge on any atom is 0.239 e. The molecule has 0 atom stereocenters. The molecule has 2 rings (SSSR count). The van der Waals surface area contributed by atoms with Crippen LogP contribution >= 0.6 is 0 Å². The van der Waals surface area contributed by atoms with Crippen LogP contribution in [0, 0.1) is 11.8 Å². The average molecular weight is 263 g/mol. The molecule has 0 spiro atoms. The van der Waals surface area contributed by atoms with Gasteiger partial charge in [-0.25, -0.2) is 0 Å². The molecule has 0 saturated heterocycles. The van der Waals surface area contributed by atoms with Gasteiger partial charge in [-0.2, -0.15) is 4.98 Å². The van der Waals surface area contributed by atoms with Gasteiger partial charge in [-0.15, -0.1) is 0 Å². The number of ether oxygens (including phenoxy) is 1. The standard InChI is InChI=1S/C15H25N3O/c1-11(2)10-19-15-13(16)7-8-14(17-15)18(3)9-12-5-4-6-12/h7-8,11-12H,4-6,9-10,16H2,1-3H3. The van der Waals surface area contributed by atoms with Crippen molar-refractivity contribution in [2.75, 3.05) is 30.8 Å². The Hall–Kier alpha value is -1.45. The molecule has 0 aromatic carbocycles. The zero-order valence-corrected chi connectivity index (χ0v) is 12.2. The van der Waals surface area contributed by atoms with Crippen LogP contribution < -0.4 is 15.4 Å². The minimum Gasteiger partial charge on any atom is -0.476 e. The van der Waals surface area contributed by atoms with Crippen molar-refractivity contribution >= 4 is 11.5 Å². The third-order valence-electron chi connectivity index (χ3n) is 3.58. The molecule has 0 unspecified atom stereocenters. The highest BCUT2D eigenvalue weighted by Gasteiger charge is 2.20. The number of nitrogens with zero attached hydrogens (tertiary/aromatic N) is 2. The molecule has 0 amide bonds. The van der Waals surface area contributed by atoms with Crippen LogP contribution in [0.15, 0.2) is 12.1 Å². The van der Waals surface area contributed by atoms with E-state index >= 15 is 0 Å². The van der Waals surface area contributed by atoms with Gasteiger partial charge >= 0.3 is 0 Å². The maximum atomic E-state index is 5.91. The predicted octanol–water partition coefficient (Wildman–Crippen LogP) is 2.93. The van der Waals surface area contributed by atoms with Gasteiger partial charge in [0.15, 0.2) is 0 Å². The fourth-order valence-corrected chi connectivity index (χ4v) is 2.17. The van der Waals surface area contributed by atoms with E-state index in [9.17, 15) is 0 Å². The van der Waals surface area contributed by atoms with E-state index in [0.29, 0.717) is 24.1 Å². The molecule has 1 heterocycles. The molecular formula is C15H25N3O. The van der Waals surface area contributed by atoms with Crippen molar-refractivity contribution in [1.82, 2.24) is 4.98 Å². The molecule has 1 aromatic heterocycles. The predicted molar refractivity (Wildman–Crippen MR) is 79.6 cm³/mol. The van der Waals surface area contributed by atoms with Crippen molar-refractivity contribution in [3.63, 3.8) is 0 Å². The third-order valence-corrected chi connectivity index (χ3v) is 3.58. The molecule has 1 saturated carbocycles. The number of nitrogens with two attached hydrogens (primary N) is 1. The first kappa shape index (κ1) is 14.0. The van der Waals surface area contributed by atoms with Gasteiger partial charge in [0.25, 0.3) is 0 Å². The Morgan fingerprint density at radius 3 is 2.74 bits per heavy atom. The second-order valence-corrected chi connectivity index (χ2v) is 5.95. The van der Waals surface area contributed by atoms with Crippen molar-refractivity contribution in [2.45, 2.75) is 33.1 Å². The van der Waals surface area contributed by atoms with Crippen LogP contribution in [0.1, 0.15) is 33.1 Å². The lowest BCUT2D eigenvalue weighted by Crippen LogP contribution is -2.29. The van der Waals surface area contributed by atoms with E-state index in [-0.39, 0.29) is 0 Å². The first-order valence-electron chi connectivity index (χ1n) is 7.16. The van der Waals surface area contributed by atoms with Crippen LogP contribution in [0.5, 0.6) is 5.88 Å². The highest BCUT2D eigenvalue weighted by Crippen LogP contribution is 2.29. The zero-order chi connectivity index (χ0) is 13.8. The van der Waals surface area contributed by atoms with Crippen LogP contribution in [0.4, 0.5) is 11.5 Å². The monoisotopic (exact) mass is 263 g/mol. The van der Waals surface area contributed by atoms with Crippen molar-refractivity contribution in [3.8, 4) is 5.88 Å². The lowest BCUT2D eigenvalue weighted by molar-refractivity contribution is 0.263. The summed E-state index contributed by atoms with van der Waals surface area (Å²) in [6, 6.07) is 3.85. The molecule has 4 heteroatoms. The van der Waals surface area contributed by atoms with Gasteiger partial charge in [0.2, 0.25) is 5.88 Å². The number of nitrogen functional groups attached to an aromatic ring is 1. The van der Waals surface area contributed by atoms with Crippen LogP contribution in [0.25, 0.3) is 0 Å². The summed E-state index contributed by atoms with van der Waals surface area (Å²) in [6.07, 6.45) is 4.06. The van der Waals surface area contributed by atoms with E-state index in [1.807, 2.05) is 12.1 Å². The van der Waals surface area contributed by atoms with Crippen LogP contribution in [-0.2, 0) is 0 Å². The maximum absolute atomic E-state index is 5.91. The summed E-state index contributed by atoms with van der Waals surface area (Å²) in [5.74, 6) is 2.80. The Kier molecular flexibility index (Phi) is 4.51. The number of pyridine rings is 1. The highest BCUT2D eigenvalue weighted by molar-refractivity contribution is 5.54. The molecule has 1 fully saturated rings. The molecule has 1 aromatic rings.